The van der Waals surface area contributed by atoms with Crippen LogP contribution in [0.1, 0.15) is 24.0 Å². The van der Waals surface area contributed by atoms with Gasteiger partial charge in [0.25, 0.3) is 0 Å². The van der Waals surface area contributed by atoms with E-state index >= 15 is 0 Å². The molecule has 0 aliphatic carbocycles. The van der Waals surface area contributed by atoms with Gasteiger partial charge in [0.1, 0.15) is 51.6 Å². The summed E-state index contributed by atoms with van der Waals surface area (Å²) in [5.74, 6) is 5.05. The Kier molecular flexibility index (Phi) is 17.9. The van der Waals surface area contributed by atoms with Gasteiger partial charge in [0.05, 0.1) is 133 Å². The van der Waals surface area contributed by atoms with Crippen LogP contribution in [0.2, 0.25) is 0 Å². The highest BCUT2D eigenvalue weighted by Gasteiger charge is 2.33. The molecular formula is C121H82N10O5. The predicted octanol–water partition coefficient (Wildman–Crippen LogP) is 30.6. The van der Waals surface area contributed by atoms with E-state index in [1.54, 1.807) is 0 Å². The molecule has 27 aromatic rings. The van der Waals surface area contributed by atoms with E-state index in [0.717, 1.165) is 226 Å². The smallest absolute Gasteiger partial charge is 0.187 e. The maximum absolute atomic E-state index is 8.52. The summed E-state index contributed by atoms with van der Waals surface area (Å²) in [6, 6.07) is 137. The van der Waals surface area contributed by atoms with E-state index in [0.29, 0.717) is 79.1 Å². The molecule has 0 aliphatic rings. The van der Waals surface area contributed by atoms with E-state index in [4.69, 9.17) is 39.9 Å². The van der Waals surface area contributed by atoms with E-state index in [-0.39, 0.29) is 0 Å². The second-order valence-corrected chi connectivity index (χ2v) is 35.3. The molecule has 15 nitrogen and oxygen atoms in total. The molecule has 17 aromatic carbocycles. The van der Waals surface area contributed by atoms with Crippen LogP contribution < -0.4 is 18.9 Å². The van der Waals surface area contributed by atoms with Crippen LogP contribution in [0.15, 0.2) is 393 Å². The summed E-state index contributed by atoms with van der Waals surface area (Å²) < 4.78 is 51.5. The predicted molar refractivity (Wildman–Crippen MR) is 555 cm³/mol. The summed E-state index contributed by atoms with van der Waals surface area (Å²) in [5, 5.41) is 16.6. The summed E-state index contributed by atoms with van der Waals surface area (Å²) >= 11 is 0. The molecule has 15 heteroatoms. The Balaban J connectivity index is 0.574. The first-order chi connectivity index (χ1) is 67.3. The maximum Gasteiger partial charge on any atom is 0.187 e. The van der Waals surface area contributed by atoms with Crippen LogP contribution >= 0.6 is 0 Å². The van der Waals surface area contributed by atoms with Gasteiger partial charge in [0.2, 0.25) is 0 Å². The summed E-state index contributed by atoms with van der Waals surface area (Å²) in [6.07, 6.45) is 1.13. The highest BCUT2D eigenvalue weighted by molar-refractivity contribution is 6.19. The fourth-order valence-corrected chi connectivity index (χ4v) is 21.9. The quantitative estimate of drug-likeness (QED) is 0.0551. The molecule has 646 valence electrons. The largest absolute Gasteiger partial charge is 0.493 e. The van der Waals surface area contributed by atoms with Gasteiger partial charge < -0.3 is 41.6 Å². The Labute approximate surface area is 778 Å². The number of benzene rings is 17. The number of pyridine rings is 2. The van der Waals surface area contributed by atoms with E-state index in [9.17, 15) is 0 Å². The highest BCUT2D eigenvalue weighted by atomic mass is 16.5. The molecule has 0 amide bonds. The van der Waals surface area contributed by atoms with Crippen LogP contribution in [0.3, 0.4) is 0 Å². The lowest BCUT2D eigenvalue weighted by Gasteiger charge is -2.28. The summed E-state index contributed by atoms with van der Waals surface area (Å²) in [6.45, 7) is 14.5. The lowest BCUT2D eigenvalue weighted by Crippen LogP contribution is -2.14. The second kappa shape index (κ2) is 31.2. The molecule has 0 aliphatic heterocycles. The zero-order chi connectivity index (χ0) is 89.9. The SMILES string of the molecule is [C-]#[N+]c1cccc(-c2c(C)c(C)c(-n3c4ccccc4c4ccccc43)c(-n3c4ccc(OCCCOc5cc(-n6c7ccccc7c7ccccc76)nc(-n6c7ccccc7c7ccccc76)c5)cc4c4cc(OCCCOc5ccc6c(c5)oc5c(-n7c8ccccc8c8ccccc87)cc(-n7c8ccccc8c8ccccc87)nc56)ccc43)c2-n2c3ccccc3c3ccccc32)c1. The topological polar surface area (TPSA) is 115 Å². The number of nitrogens with zero attached hydrogens (tertiary/aromatic N) is 10. The van der Waals surface area contributed by atoms with Gasteiger partial charge in [0.15, 0.2) is 11.3 Å². The van der Waals surface area contributed by atoms with Crippen molar-refractivity contribution in [2.75, 3.05) is 26.4 Å². The average molecular weight is 1760 g/mol. The van der Waals surface area contributed by atoms with Gasteiger partial charge in [0, 0.05) is 123 Å². The molecule has 0 saturated carbocycles. The zero-order valence-corrected chi connectivity index (χ0v) is 74.2. The Bertz CT molecular complexity index is 9290. The average Bonchev–Trinajstić information content (AvgIpc) is 1.41. The van der Waals surface area contributed by atoms with Crippen molar-refractivity contribution in [1.29, 1.82) is 0 Å². The van der Waals surface area contributed by atoms with Gasteiger partial charge in [-0.3, -0.25) is 13.7 Å². The van der Waals surface area contributed by atoms with Crippen LogP contribution in [0.25, 0.3) is 231 Å². The third-order valence-corrected chi connectivity index (χ3v) is 27.8. The molecule has 0 fully saturated rings. The number of hydrogen-bond acceptors (Lipinski definition) is 7. The van der Waals surface area contributed by atoms with Gasteiger partial charge in [-0.15, -0.1) is 0 Å². The third-order valence-electron chi connectivity index (χ3n) is 27.8. The van der Waals surface area contributed by atoms with Gasteiger partial charge in [-0.1, -0.05) is 237 Å². The lowest BCUT2D eigenvalue weighted by atomic mass is 9.91. The minimum atomic E-state index is 0.352. The third kappa shape index (κ3) is 12.1. The van der Waals surface area contributed by atoms with Crippen LogP contribution in [0.5, 0.6) is 23.0 Å². The van der Waals surface area contributed by atoms with Crippen molar-refractivity contribution < 1.29 is 23.4 Å². The minimum absolute atomic E-state index is 0.352. The number of para-hydroxylation sites is 12. The van der Waals surface area contributed by atoms with Crippen LogP contribution in [-0.4, -0.2) is 68.4 Å². The highest BCUT2D eigenvalue weighted by Crippen LogP contribution is 2.52. The van der Waals surface area contributed by atoms with E-state index in [1.165, 1.54) is 0 Å². The molecule has 0 radical (unpaired) electrons. The number of ether oxygens (including phenoxy) is 4. The van der Waals surface area contributed by atoms with E-state index < -0.39 is 0 Å². The molecule has 0 saturated heterocycles. The number of furan rings is 1. The fourth-order valence-electron chi connectivity index (χ4n) is 21.9. The van der Waals surface area contributed by atoms with Crippen molar-refractivity contribution in [2.45, 2.75) is 26.7 Å². The van der Waals surface area contributed by atoms with Crippen molar-refractivity contribution in [3.05, 3.63) is 411 Å². The summed E-state index contributed by atoms with van der Waals surface area (Å²) in [4.78, 5) is 15.2. The van der Waals surface area contributed by atoms with Gasteiger partial charge in [-0.05, 0) is 158 Å². The molecule has 0 bridgehead atoms. The first-order valence-electron chi connectivity index (χ1n) is 46.4. The van der Waals surface area contributed by atoms with Crippen molar-refractivity contribution >= 4 is 180 Å². The van der Waals surface area contributed by atoms with E-state index in [2.05, 4.69) is 415 Å². The van der Waals surface area contributed by atoms with Crippen LogP contribution in [-0.2, 0) is 0 Å². The molecule has 0 unspecified atom stereocenters. The number of aromatic nitrogens is 9. The van der Waals surface area contributed by atoms with Gasteiger partial charge in [-0.2, -0.15) is 0 Å². The molecule has 0 N–H and O–H groups in total. The second-order valence-electron chi connectivity index (χ2n) is 35.3. The first-order valence-corrected chi connectivity index (χ1v) is 46.4. The monoisotopic (exact) mass is 1750 g/mol. The van der Waals surface area contributed by atoms with Crippen LogP contribution in [0, 0.1) is 20.4 Å². The molecular weight excluding hydrogens is 1670 g/mol. The Hall–Kier alpha value is -17.9. The minimum Gasteiger partial charge on any atom is -0.493 e. The number of fused-ring (bicyclic) bond motifs is 24. The molecule has 136 heavy (non-hydrogen) atoms. The molecule has 0 atom stereocenters. The lowest BCUT2D eigenvalue weighted by molar-refractivity contribution is 0.247. The molecule has 0 spiro atoms. The van der Waals surface area contributed by atoms with Gasteiger partial charge in [-0.25, -0.2) is 14.8 Å². The van der Waals surface area contributed by atoms with Crippen LogP contribution in [0.4, 0.5) is 5.69 Å². The molecule has 10 heterocycles. The number of rotatable bonds is 20. The van der Waals surface area contributed by atoms with Gasteiger partial charge >= 0.3 is 0 Å². The summed E-state index contributed by atoms with van der Waals surface area (Å²) in [5.41, 5.74) is 25.2. The van der Waals surface area contributed by atoms with Crippen molar-refractivity contribution in [1.82, 2.24) is 41.9 Å². The Morgan fingerprint density at radius 3 is 0.956 bits per heavy atom. The van der Waals surface area contributed by atoms with Crippen molar-refractivity contribution in [2.24, 2.45) is 0 Å². The fraction of sp³-hybridized carbons (Fsp3) is 0.0661. The standard InChI is InChI=1S/C121H82N10O5/c1-74-75(2)118(129-105-53-24-12-41-90(105)91-42-13-25-54-106(91)129)120(119(116(74)76-31-28-32-77(67-76)122-3)130-107-55-26-14-43-92(107)93-44-15-27-56-108(93)130)131-109-61-58-78(132-63-29-65-134-80-57-60-94-112(70-80)136-121-111(125-97-45-16-4-33-82(97)83-34-5-17-46-98(83)125)73-115(124-117(94)121)128-103-51-22-10-39-88(103)89-40-11-23-52-104(89)128)68-95(109)96-69-79(59-62-110(96)131)133-64-30-66-135-81-71-113(126-99-47-18-6-35-84(99)85-36-7-19-48-100(85)126)123-114(72-81)127-101-49-20-8-37-86(101)87-38-9-21-50-102(87)127/h4-28,31-62,67-73H,29-30,63-66H2,1-2H3. The molecule has 27 rings (SSSR count). The first kappa shape index (κ1) is 78.0. The zero-order valence-electron chi connectivity index (χ0n) is 74.2. The van der Waals surface area contributed by atoms with Crippen molar-refractivity contribution in [3.63, 3.8) is 0 Å². The van der Waals surface area contributed by atoms with Crippen molar-refractivity contribution in [3.8, 4) is 74.3 Å². The number of hydrogen-bond donors (Lipinski definition) is 0. The Morgan fingerprint density at radius 2 is 0.574 bits per heavy atom. The maximum atomic E-state index is 8.52. The molecule has 10 aromatic heterocycles. The summed E-state index contributed by atoms with van der Waals surface area (Å²) in [7, 11) is 0. The van der Waals surface area contributed by atoms with E-state index in [1.807, 2.05) is 24.3 Å². The normalized spacial score (nSPS) is 12.1. The Morgan fingerprint density at radius 1 is 0.257 bits per heavy atom.